The summed E-state index contributed by atoms with van der Waals surface area (Å²) < 4.78 is 5.34. The lowest BCUT2D eigenvalue weighted by Gasteiger charge is -2.36. The lowest BCUT2D eigenvalue weighted by Crippen LogP contribution is -2.52. The normalized spacial score (nSPS) is 25.6. The van der Waals surface area contributed by atoms with Gasteiger partial charge in [-0.1, -0.05) is 18.6 Å². The van der Waals surface area contributed by atoms with E-state index in [9.17, 15) is 14.7 Å². The third-order valence-electron chi connectivity index (χ3n) is 4.78. The molecule has 1 aromatic carbocycles. The molecule has 2 atom stereocenters. The van der Waals surface area contributed by atoms with Gasteiger partial charge in [-0.2, -0.15) is 0 Å². The molecule has 0 bridgehead atoms. The number of rotatable bonds is 4. The second kappa shape index (κ2) is 6.58. The number of carboxylic acid groups (broad SMARTS) is 1. The first-order valence-electron chi connectivity index (χ1n) is 8.06. The lowest BCUT2D eigenvalue weighted by atomic mass is 9.99. The molecule has 0 radical (unpaired) electrons. The van der Waals surface area contributed by atoms with Crippen LogP contribution in [0.2, 0.25) is 0 Å². The largest absolute Gasteiger partial charge is 0.495 e. The number of ether oxygens (including phenoxy) is 1. The number of aliphatic carboxylic acids is 1. The molecule has 6 nitrogen and oxygen atoms in total. The van der Waals surface area contributed by atoms with Gasteiger partial charge in [0.2, 0.25) is 5.91 Å². The molecule has 124 valence electrons. The molecular formula is C17H22N2O4. The second-order valence-corrected chi connectivity index (χ2v) is 6.05. The summed E-state index contributed by atoms with van der Waals surface area (Å²) in [5.41, 5.74) is 0.756. The molecule has 3 rings (SSSR count). The van der Waals surface area contributed by atoms with Crippen LogP contribution in [0.1, 0.15) is 25.7 Å². The Hall–Kier alpha value is -2.08. The third kappa shape index (κ3) is 2.91. The van der Waals surface area contributed by atoms with Gasteiger partial charge in [0.15, 0.2) is 0 Å². The molecule has 0 saturated carbocycles. The zero-order valence-electron chi connectivity index (χ0n) is 13.3. The van der Waals surface area contributed by atoms with Crippen molar-refractivity contribution in [2.75, 3.05) is 25.1 Å². The molecule has 2 saturated heterocycles. The molecule has 1 N–H and O–H groups in total. The Morgan fingerprint density at radius 2 is 2.00 bits per heavy atom. The van der Waals surface area contributed by atoms with Gasteiger partial charge in [0.1, 0.15) is 11.8 Å². The van der Waals surface area contributed by atoms with Gasteiger partial charge >= 0.3 is 5.97 Å². The SMILES string of the molecule is COc1ccccc1N1CC[C@H](N2CCCC[C@@H]2C(=O)O)C1=O. The molecule has 0 unspecified atom stereocenters. The fourth-order valence-corrected chi connectivity index (χ4v) is 3.66. The molecule has 0 spiro atoms. The average molecular weight is 318 g/mol. The highest BCUT2D eigenvalue weighted by molar-refractivity contribution is 6.00. The maximum absolute atomic E-state index is 12.9. The van der Waals surface area contributed by atoms with Crippen LogP contribution >= 0.6 is 0 Å². The molecule has 2 aliphatic heterocycles. The van der Waals surface area contributed by atoms with Crippen molar-refractivity contribution < 1.29 is 19.4 Å². The van der Waals surface area contributed by atoms with E-state index in [1.54, 1.807) is 12.0 Å². The lowest BCUT2D eigenvalue weighted by molar-refractivity contribution is -0.146. The summed E-state index contributed by atoms with van der Waals surface area (Å²) in [4.78, 5) is 28.0. The van der Waals surface area contributed by atoms with Crippen molar-refractivity contribution in [3.05, 3.63) is 24.3 Å². The van der Waals surface area contributed by atoms with Crippen LogP contribution in [-0.2, 0) is 9.59 Å². The van der Waals surface area contributed by atoms with Gasteiger partial charge in [-0.05, 0) is 37.9 Å². The number of methoxy groups -OCH3 is 1. The van der Waals surface area contributed by atoms with Gasteiger partial charge < -0.3 is 14.7 Å². The van der Waals surface area contributed by atoms with E-state index in [1.807, 2.05) is 29.2 Å². The van der Waals surface area contributed by atoms with E-state index in [2.05, 4.69) is 0 Å². The molecule has 2 aliphatic rings. The molecule has 0 aliphatic carbocycles. The van der Waals surface area contributed by atoms with Gasteiger partial charge in [0.05, 0.1) is 18.8 Å². The quantitative estimate of drug-likeness (QED) is 0.916. The van der Waals surface area contributed by atoms with Crippen molar-refractivity contribution in [2.45, 2.75) is 37.8 Å². The maximum Gasteiger partial charge on any atom is 0.320 e. The number of para-hydroxylation sites is 2. The van der Waals surface area contributed by atoms with E-state index in [0.29, 0.717) is 31.7 Å². The van der Waals surface area contributed by atoms with Crippen LogP contribution in [0, 0.1) is 0 Å². The first-order chi connectivity index (χ1) is 11.1. The Morgan fingerprint density at radius 1 is 1.22 bits per heavy atom. The summed E-state index contributed by atoms with van der Waals surface area (Å²) in [5.74, 6) is -0.189. The smallest absolute Gasteiger partial charge is 0.320 e. The number of anilines is 1. The van der Waals surface area contributed by atoms with Gasteiger partial charge in [0.25, 0.3) is 0 Å². The second-order valence-electron chi connectivity index (χ2n) is 6.05. The highest BCUT2D eigenvalue weighted by Crippen LogP contribution is 2.33. The number of amides is 1. The average Bonchev–Trinajstić information content (AvgIpc) is 2.96. The topological polar surface area (TPSA) is 70.1 Å². The monoisotopic (exact) mass is 318 g/mol. The molecule has 6 heteroatoms. The summed E-state index contributed by atoms with van der Waals surface area (Å²) in [6.07, 6.45) is 3.13. The predicted molar refractivity (Wildman–Crippen MR) is 85.7 cm³/mol. The fourth-order valence-electron chi connectivity index (χ4n) is 3.66. The molecule has 1 amide bonds. The van der Waals surface area contributed by atoms with Gasteiger partial charge in [-0.3, -0.25) is 14.5 Å². The predicted octanol–water partition coefficient (Wildman–Crippen LogP) is 1.74. The van der Waals surface area contributed by atoms with Crippen LogP contribution in [0.4, 0.5) is 5.69 Å². The van der Waals surface area contributed by atoms with Gasteiger partial charge in [0, 0.05) is 6.54 Å². The fraction of sp³-hybridized carbons (Fsp3) is 0.529. The number of nitrogens with zero attached hydrogens (tertiary/aromatic N) is 2. The van der Waals surface area contributed by atoms with Crippen LogP contribution in [0.3, 0.4) is 0 Å². The minimum Gasteiger partial charge on any atom is -0.495 e. The van der Waals surface area contributed by atoms with Crippen molar-refractivity contribution in [1.82, 2.24) is 4.90 Å². The number of carbonyl (C=O) groups excluding carboxylic acids is 1. The number of hydrogen-bond acceptors (Lipinski definition) is 4. The number of benzene rings is 1. The number of hydrogen-bond donors (Lipinski definition) is 1. The molecule has 1 aromatic rings. The summed E-state index contributed by atoms with van der Waals surface area (Å²) in [6, 6.07) is 6.54. The van der Waals surface area contributed by atoms with Crippen LogP contribution < -0.4 is 9.64 Å². The number of carboxylic acids is 1. The summed E-state index contributed by atoms with van der Waals surface area (Å²) in [6.45, 7) is 1.26. The summed E-state index contributed by atoms with van der Waals surface area (Å²) in [5, 5.41) is 9.43. The highest BCUT2D eigenvalue weighted by Gasteiger charge is 2.42. The van der Waals surface area contributed by atoms with Crippen molar-refractivity contribution >= 4 is 17.6 Å². The zero-order chi connectivity index (χ0) is 16.4. The van der Waals surface area contributed by atoms with Crippen molar-refractivity contribution in [2.24, 2.45) is 0 Å². The number of likely N-dealkylation sites (tertiary alicyclic amines) is 1. The van der Waals surface area contributed by atoms with E-state index < -0.39 is 12.0 Å². The molecule has 2 fully saturated rings. The van der Waals surface area contributed by atoms with E-state index in [-0.39, 0.29) is 11.9 Å². The Balaban J connectivity index is 1.82. The van der Waals surface area contributed by atoms with Crippen LogP contribution in [0.5, 0.6) is 5.75 Å². The van der Waals surface area contributed by atoms with Crippen molar-refractivity contribution in [3.63, 3.8) is 0 Å². The molecule has 2 heterocycles. The zero-order valence-corrected chi connectivity index (χ0v) is 13.3. The van der Waals surface area contributed by atoms with Gasteiger partial charge in [-0.15, -0.1) is 0 Å². The Bertz CT molecular complexity index is 604. The van der Waals surface area contributed by atoms with Crippen LogP contribution in [-0.4, -0.2) is 54.2 Å². The first-order valence-corrected chi connectivity index (χ1v) is 8.06. The van der Waals surface area contributed by atoms with E-state index in [0.717, 1.165) is 18.5 Å². The summed E-state index contributed by atoms with van der Waals surface area (Å²) >= 11 is 0. The van der Waals surface area contributed by atoms with E-state index in [4.69, 9.17) is 4.74 Å². The minimum absolute atomic E-state index is 0.0253. The number of piperidine rings is 1. The molecular weight excluding hydrogens is 296 g/mol. The molecule has 23 heavy (non-hydrogen) atoms. The standard InChI is InChI=1S/C17H22N2O4/c1-23-15-8-3-2-6-12(15)19-11-9-13(16(19)20)18-10-5-4-7-14(18)17(21)22/h2-3,6,8,13-14H,4-5,7,9-11H2,1H3,(H,21,22)/t13-,14+/m0/s1. The third-order valence-corrected chi connectivity index (χ3v) is 4.78. The maximum atomic E-state index is 12.9. The van der Waals surface area contributed by atoms with Crippen molar-refractivity contribution in [1.29, 1.82) is 0 Å². The van der Waals surface area contributed by atoms with Crippen LogP contribution in [0.15, 0.2) is 24.3 Å². The first kappa shape index (κ1) is 15.8. The highest BCUT2D eigenvalue weighted by atomic mass is 16.5. The van der Waals surface area contributed by atoms with Crippen LogP contribution in [0.25, 0.3) is 0 Å². The van der Waals surface area contributed by atoms with E-state index in [1.165, 1.54) is 0 Å². The Labute approximate surface area is 135 Å². The number of carbonyl (C=O) groups is 2. The minimum atomic E-state index is -0.826. The molecule has 0 aromatic heterocycles. The van der Waals surface area contributed by atoms with Gasteiger partial charge in [-0.25, -0.2) is 0 Å². The summed E-state index contributed by atoms with van der Waals surface area (Å²) in [7, 11) is 1.59. The Kier molecular flexibility index (Phi) is 4.52. The van der Waals surface area contributed by atoms with Crippen molar-refractivity contribution in [3.8, 4) is 5.75 Å². The van der Waals surface area contributed by atoms with E-state index >= 15 is 0 Å². The Morgan fingerprint density at radius 3 is 2.74 bits per heavy atom.